The number of carbonyl (C=O) groups is 2. The molecule has 0 saturated carbocycles. The largest absolute Gasteiger partial charge is 0.508 e. The Morgan fingerprint density at radius 2 is 1.72 bits per heavy atom. The van der Waals surface area contributed by atoms with Gasteiger partial charge in [0.25, 0.3) is 0 Å². The Labute approximate surface area is 308 Å². The third-order valence-corrected chi connectivity index (χ3v) is 10.6. The lowest BCUT2D eigenvalue weighted by Crippen LogP contribution is -2.33. The number of carbonyl (C=O) groups excluding carboxylic acids is 2. The van der Waals surface area contributed by atoms with Crippen molar-refractivity contribution in [2.75, 3.05) is 19.0 Å². The van der Waals surface area contributed by atoms with Crippen LogP contribution in [0.1, 0.15) is 82.3 Å². The van der Waals surface area contributed by atoms with Crippen molar-refractivity contribution >= 4 is 23.5 Å². The van der Waals surface area contributed by atoms with E-state index in [1.165, 1.54) is 7.11 Å². The zero-order chi connectivity index (χ0) is 37.1. The number of aliphatic hydroxyl groups is 2. The van der Waals surface area contributed by atoms with Crippen molar-refractivity contribution in [1.29, 1.82) is 0 Å². The molecule has 53 heavy (non-hydrogen) atoms. The number of hydrogen-bond acceptors (Lipinski definition) is 8. The topological polar surface area (TPSA) is 168 Å². The van der Waals surface area contributed by atoms with Crippen molar-refractivity contribution in [3.8, 4) is 17.2 Å². The second-order valence-electron chi connectivity index (χ2n) is 14.2. The Bertz CT molecular complexity index is 2150. The number of ketones is 2. The number of fused-ring (bicyclic) bond motifs is 7. The first-order valence-electron chi connectivity index (χ1n) is 18.1. The van der Waals surface area contributed by atoms with Crippen LogP contribution in [0.2, 0.25) is 0 Å². The Balaban J connectivity index is 1.22. The lowest BCUT2D eigenvalue weighted by atomic mass is 9.71. The quantitative estimate of drug-likeness (QED) is 0.0978. The average Bonchev–Trinajstić information content (AvgIpc) is 3.81. The van der Waals surface area contributed by atoms with Gasteiger partial charge >= 0.3 is 0 Å². The number of phenolic OH excluding ortho intramolecular Hbond substituents is 2. The normalized spacial score (nSPS) is 19.7. The van der Waals surface area contributed by atoms with Crippen LogP contribution < -0.4 is 10.1 Å². The van der Waals surface area contributed by atoms with Gasteiger partial charge in [-0.2, -0.15) is 0 Å². The third kappa shape index (κ3) is 7.94. The van der Waals surface area contributed by atoms with Crippen LogP contribution in [0.5, 0.6) is 17.2 Å². The van der Waals surface area contributed by atoms with Crippen LogP contribution in [0.15, 0.2) is 90.8 Å². The molecule has 5 aromatic rings. The zero-order valence-electron chi connectivity index (χ0n) is 29.6. The summed E-state index contributed by atoms with van der Waals surface area (Å²) in [5.74, 6) is -0.484. The highest BCUT2D eigenvalue weighted by Crippen LogP contribution is 2.43. The predicted octanol–water partition coefficient (Wildman–Crippen LogP) is 6.50. The Morgan fingerprint density at radius 3 is 2.55 bits per heavy atom. The molecule has 3 heterocycles. The molecule has 2 aliphatic rings. The smallest absolute Gasteiger partial charge is 0.163 e. The number of H-pyrrole nitrogens is 2. The number of aliphatic hydroxyl groups excluding tert-OH is 2. The highest BCUT2D eigenvalue weighted by atomic mass is 16.5. The molecule has 274 valence electrons. The number of aryl methyl sites for hydroxylation is 2. The van der Waals surface area contributed by atoms with Gasteiger partial charge in [0, 0.05) is 54.9 Å². The molecule has 4 unspecified atom stereocenters. The fourth-order valence-electron chi connectivity index (χ4n) is 7.92. The number of aromatic amines is 2. The SMILES string of the molecule is COc1cc2cc(c1O)C(O)c1cccc(c1)Cc1cc[nH]c1NCC1=Cc3[nH]ccc3C(CC(O)CCc3cccc(O)c3)C1C(=O)CC(=O)CC2. The molecule has 4 atom stereocenters. The number of ether oxygens (including phenoxy) is 1. The Hall–Kier alpha value is -5.58. The molecule has 0 spiro atoms. The number of benzene rings is 3. The number of nitrogens with one attached hydrogen (secondary N) is 3. The second kappa shape index (κ2) is 15.6. The molecule has 1 aliphatic heterocycles. The monoisotopic (exact) mass is 715 g/mol. The molecule has 10 nitrogen and oxygen atoms in total. The van der Waals surface area contributed by atoms with Crippen LogP contribution in [0.3, 0.4) is 0 Å². The molecule has 0 saturated heterocycles. The van der Waals surface area contributed by atoms with Crippen LogP contribution in [0.25, 0.3) is 6.08 Å². The zero-order valence-corrected chi connectivity index (χ0v) is 29.6. The van der Waals surface area contributed by atoms with Gasteiger partial charge in [-0.05, 0) is 107 Å². The van der Waals surface area contributed by atoms with E-state index in [2.05, 4.69) is 15.3 Å². The van der Waals surface area contributed by atoms with Gasteiger partial charge < -0.3 is 40.4 Å². The van der Waals surface area contributed by atoms with Gasteiger partial charge in [-0.25, -0.2) is 0 Å². The molecule has 0 radical (unpaired) electrons. The molecule has 3 aromatic carbocycles. The van der Waals surface area contributed by atoms with Gasteiger partial charge in [0.15, 0.2) is 11.5 Å². The summed E-state index contributed by atoms with van der Waals surface area (Å²) in [6, 6.07) is 21.9. The van der Waals surface area contributed by atoms with E-state index in [0.29, 0.717) is 43.4 Å². The first kappa shape index (κ1) is 35.8. The Morgan fingerprint density at radius 1 is 0.887 bits per heavy atom. The lowest BCUT2D eigenvalue weighted by Gasteiger charge is -2.34. The van der Waals surface area contributed by atoms with Crippen molar-refractivity contribution in [3.05, 3.63) is 135 Å². The maximum atomic E-state index is 14.4. The van der Waals surface area contributed by atoms with E-state index in [4.69, 9.17) is 4.74 Å². The summed E-state index contributed by atoms with van der Waals surface area (Å²) in [5.41, 5.74) is 7.03. The molecule has 4 bridgehead atoms. The van der Waals surface area contributed by atoms with Crippen LogP contribution >= 0.6 is 0 Å². The highest BCUT2D eigenvalue weighted by Gasteiger charge is 2.38. The highest BCUT2D eigenvalue weighted by molar-refractivity contribution is 6.02. The maximum absolute atomic E-state index is 14.4. The van der Waals surface area contributed by atoms with Gasteiger partial charge in [-0.3, -0.25) is 9.59 Å². The third-order valence-electron chi connectivity index (χ3n) is 10.6. The van der Waals surface area contributed by atoms with Crippen LogP contribution in [-0.2, 0) is 28.9 Å². The first-order chi connectivity index (χ1) is 25.7. The summed E-state index contributed by atoms with van der Waals surface area (Å²) < 4.78 is 5.45. The minimum atomic E-state index is -1.15. The number of methoxy groups -OCH3 is 1. The van der Waals surface area contributed by atoms with E-state index in [0.717, 1.165) is 39.3 Å². The number of aromatic hydroxyl groups is 2. The number of anilines is 1. The van der Waals surface area contributed by atoms with Gasteiger partial charge in [0.2, 0.25) is 0 Å². The molecule has 7 rings (SSSR count). The van der Waals surface area contributed by atoms with Crippen molar-refractivity contribution in [3.63, 3.8) is 0 Å². The van der Waals surface area contributed by atoms with Gasteiger partial charge in [-0.1, -0.05) is 36.4 Å². The number of aromatic nitrogens is 2. The molecular weight excluding hydrogens is 670 g/mol. The molecule has 0 fully saturated rings. The minimum absolute atomic E-state index is 0.0765. The number of hydrogen-bond donors (Lipinski definition) is 7. The number of Topliss-reactive ketones (excluding diaryl/α,β-unsaturated/α-hetero) is 2. The summed E-state index contributed by atoms with van der Waals surface area (Å²) in [5, 5.41) is 47.4. The standard InChI is InChI=1S/C43H45N3O7/c1-53-39-20-27-9-11-33(49)23-38(50)40-30(21-37-34(13-15-44-37)35(40)22-32(48)10-8-25-4-3-7-31(47)18-25)24-46-43-29(12-14-45-43)17-26-5-2-6-28(16-26)41(51)36(19-27)42(39)52/h2-7,12-16,18-21,32,35,40-41,44-48,51-52H,8-11,17,22-24H2,1H3. The van der Waals surface area contributed by atoms with E-state index in [9.17, 15) is 30.0 Å². The average molecular weight is 716 g/mol. The molecule has 2 aromatic heterocycles. The van der Waals surface area contributed by atoms with Gasteiger partial charge in [-0.15, -0.1) is 0 Å². The molecule has 7 N–H and O–H groups in total. The van der Waals surface area contributed by atoms with Crippen LogP contribution in [0, 0.1) is 5.92 Å². The summed E-state index contributed by atoms with van der Waals surface area (Å²) in [6.45, 7) is 0.329. The van der Waals surface area contributed by atoms with Crippen molar-refractivity contribution in [2.24, 2.45) is 5.92 Å². The summed E-state index contributed by atoms with van der Waals surface area (Å²) in [6.07, 6.45) is 5.74. The predicted molar refractivity (Wildman–Crippen MR) is 202 cm³/mol. The summed E-state index contributed by atoms with van der Waals surface area (Å²) >= 11 is 0. The van der Waals surface area contributed by atoms with Crippen LogP contribution in [-0.4, -0.2) is 61.7 Å². The fraction of sp³-hybridized carbons (Fsp3) is 0.302. The number of phenols is 2. The molecule has 1 aliphatic carbocycles. The molecule has 10 heteroatoms. The minimum Gasteiger partial charge on any atom is -0.508 e. The van der Waals surface area contributed by atoms with Crippen LogP contribution in [0.4, 0.5) is 5.82 Å². The van der Waals surface area contributed by atoms with Gasteiger partial charge in [0.05, 0.1) is 19.6 Å². The second-order valence-corrected chi connectivity index (χ2v) is 14.2. The van der Waals surface area contributed by atoms with E-state index in [1.54, 1.807) is 30.3 Å². The summed E-state index contributed by atoms with van der Waals surface area (Å²) in [4.78, 5) is 34.6. The van der Waals surface area contributed by atoms with Crippen molar-refractivity contribution in [1.82, 2.24) is 9.97 Å². The van der Waals surface area contributed by atoms with E-state index < -0.39 is 18.1 Å². The van der Waals surface area contributed by atoms with Crippen molar-refractivity contribution < 1.29 is 34.8 Å². The molecule has 0 amide bonds. The van der Waals surface area contributed by atoms with Gasteiger partial charge in [0.1, 0.15) is 29.2 Å². The molecular formula is C43H45N3O7. The van der Waals surface area contributed by atoms with E-state index >= 15 is 0 Å². The lowest BCUT2D eigenvalue weighted by molar-refractivity contribution is -0.129. The first-order valence-corrected chi connectivity index (χ1v) is 18.1. The maximum Gasteiger partial charge on any atom is 0.163 e. The fourth-order valence-corrected chi connectivity index (χ4v) is 7.92. The van der Waals surface area contributed by atoms with E-state index in [1.807, 2.05) is 60.9 Å². The van der Waals surface area contributed by atoms with E-state index in [-0.39, 0.29) is 59.6 Å². The Kier molecular flexibility index (Phi) is 10.5. The number of rotatable bonds is 6. The van der Waals surface area contributed by atoms with Crippen molar-refractivity contribution in [2.45, 2.75) is 63.1 Å². The summed E-state index contributed by atoms with van der Waals surface area (Å²) in [7, 11) is 1.44.